The summed E-state index contributed by atoms with van der Waals surface area (Å²) in [6.45, 7) is 3.10. The number of amides is 1. The first kappa shape index (κ1) is 19.3. The van der Waals surface area contributed by atoms with E-state index in [-0.39, 0.29) is 5.91 Å². The van der Waals surface area contributed by atoms with Gasteiger partial charge in [0.05, 0.1) is 0 Å². The first-order chi connectivity index (χ1) is 10.8. The van der Waals surface area contributed by atoms with Gasteiger partial charge in [-0.1, -0.05) is 69.9 Å². The molecule has 1 N–H and O–H groups in total. The SMILES string of the molecule is CCCCCCCCCCCC(=O)NCCC1=CCCCC1. The summed E-state index contributed by atoms with van der Waals surface area (Å²) in [5, 5.41) is 3.08. The van der Waals surface area contributed by atoms with Gasteiger partial charge in [0.2, 0.25) is 5.91 Å². The molecule has 128 valence electrons. The number of carbonyl (C=O) groups excluding carboxylic acids is 1. The van der Waals surface area contributed by atoms with Crippen LogP contribution in [0.2, 0.25) is 0 Å². The van der Waals surface area contributed by atoms with Gasteiger partial charge in [0.1, 0.15) is 0 Å². The second kappa shape index (κ2) is 13.8. The Morgan fingerprint density at radius 1 is 1.00 bits per heavy atom. The number of rotatable bonds is 13. The van der Waals surface area contributed by atoms with Gasteiger partial charge in [-0.2, -0.15) is 0 Å². The molecule has 0 bridgehead atoms. The average Bonchev–Trinajstić information content (AvgIpc) is 2.54. The third-order valence-corrected chi connectivity index (χ3v) is 4.66. The lowest BCUT2D eigenvalue weighted by molar-refractivity contribution is -0.121. The van der Waals surface area contributed by atoms with E-state index in [2.05, 4.69) is 18.3 Å². The van der Waals surface area contributed by atoms with Gasteiger partial charge >= 0.3 is 0 Å². The molecule has 0 aromatic rings. The van der Waals surface area contributed by atoms with Crippen LogP contribution in [0.3, 0.4) is 0 Å². The molecule has 0 aromatic carbocycles. The summed E-state index contributed by atoms with van der Waals surface area (Å²) < 4.78 is 0. The van der Waals surface area contributed by atoms with Crippen molar-refractivity contribution in [2.24, 2.45) is 0 Å². The molecule has 0 aliphatic heterocycles. The molecule has 1 rings (SSSR count). The van der Waals surface area contributed by atoms with E-state index in [1.807, 2.05) is 0 Å². The molecule has 2 heteroatoms. The molecule has 1 aliphatic rings. The van der Waals surface area contributed by atoms with Gasteiger partial charge in [-0.05, 0) is 38.5 Å². The van der Waals surface area contributed by atoms with Gasteiger partial charge in [-0.3, -0.25) is 4.79 Å². The number of hydrogen-bond acceptors (Lipinski definition) is 1. The maximum absolute atomic E-state index is 11.8. The fraction of sp³-hybridized carbons (Fsp3) is 0.850. The predicted octanol–water partition coefficient (Wildman–Crippen LogP) is 5.91. The molecule has 0 atom stereocenters. The van der Waals surface area contributed by atoms with Gasteiger partial charge < -0.3 is 5.32 Å². The lowest BCUT2D eigenvalue weighted by Gasteiger charge is -2.12. The largest absolute Gasteiger partial charge is 0.356 e. The highest BCUT2D eigenvalue weighted by molar-refractivity contribution is 5.75. The highest BCUT2D eigenvalue weighted by Gasteiger charge is 2.05. The van der Waals surface area contributed by atoms with Crippen LogP contribution in [0.1, 0.15) is 103 Å². The maximum Gasteiger partial charge on any atom is 0.220 e. The number of carbonyl (C=O) groups is 1. The summed E-state index contributed by atoms with van der Waals surface area (Å²) >= 11 is 0. The first-order valence-electron chi connectivity index (χ1n) is 9.77. The fourth-order valence-corrected chi connectivity index (χ4v) is 3.18. The topological polar surface area (TPSA) is 29.1 Å². The molecular weight excluding hydrogens is 270 g/mol. The fourth-order valence-electron chi connectivity index (χ4n) is 3.18. The zero-order valence-corrected chi connectivity index (χ0v) is 14.8. The van der Waals surface area contributed by atoms with E-state index in [4.69, 9.17) is 0 Å². The minimum atomic E-state index is 0.249. The molecule has 2 nitrogen and oxygen atoms in total. The van der Waals surface area contributed by atoms with Crippen LogP contribution >= 0.6 is 0 Å². The van der Waals surface area contributed by atoms with Crippen LogP contribution in [0, 0.1) is 0 Å². The second-order valence-electron chi connectivity index (χ2n) is 6.79. The predicted molar refractivity (Wildman–Crippen MR) is 96.0 cm³/mol. The Bertz CT molecular complexity index is 309. The molecule has 1 amide bonds. The van der Waals surface area contributed by atoms with Crippen molar-refractivity contribution in [3.8, 4) is 0 Å². The Balaban J connectivity index is 1.84. The first-order valence-corrected chi connectivity index (χ1v) is 9.77. The van der Waals surface area contributed by atoms with Crippen LogP contribution in [0.5, 0.6) is 0 Å². The standard InChI is InChI=1S/C20H37NO/c1-2-3-4-5-6-7-8-9-13-16-20(22)21-18-17-19-14-11-10-12-15-19/h14H,2-13,15-18H2,1H3,(H,21,22). The van der Waals surface area contributed by atoms with Gasteiger partial charge in [-0.15, -0.1) is 0 Å². The monoisotopic (exact) mass is 307 g/mol. The number of hydrogen-bond donors (Lipinski definition) is 1. The zero-order valence-electron chi connectivity index (χ0n) is 14.8. The average molecular weight is 308 g/mol. The molecule has 0 fully saturated rings. The third-order valence-electron chi connectivity index (χ3n) is 4.66. The maximum atomic E-state index is 11.8. The number of allylic oxidation sites excluding steroid dienone is 1. The van der Waals surface area contributed by atoms with Crippen LogP contribution in [0.4, 0.5) is 0 Å². The Hall–Kier alpha value is -0.790. The van der Waals surface area contributed by atoms with Gasteiger partial charge in [0, 0.05) is 13.0 Å². The van der Waals surface area contributed by atoms with E-state index < -0.39 is 0 Å². The van der Waals surface area contributed by atoms with Crippen molar-refractivity contribution >= 4 is 5.91 Å². The summed E-state index contributed by atoms with van der Waals surface area (Å²) in [5.41, 5.74) is 1.55. The zero-order chi connectivity index (χ0) is 15.9. The summed E-state index contributed by atoms with van der Waals surface area (Å²) in [6, 6.07) is 0. The summed E-state index contributed by atoms with van der Waals surface area (Å²) in [4.78, 5) is 11.8. The van der Waals surface area contributed by atoms with Crippen LogP contribution in [-0.4, -0.2) is 12.5 Å². The smallest absolute Gasteiger partial charge is 0.220 e. The van der Waals surface area contributed by atoms with E-state index in [0.29, 0.717) is 0 Å². The lowest BCUT2D eigenvalue weighted by atomic mass is 9.97. The Kier molecular flexibility index (Phi) is 12.1. The van der Waals surface area contributed by atoms with Crippen molar-refractivity contribution in [2.75, 3.05) is 6.54 Å². The van der Waals surface area contributed by atoms with Crippen LogP contribution < -0.4 is 5.32 Å². The molecule has 0 unspecified atom stereocenters. The van der Waals surface area contributed by atoms with Gasteiger partial charge in [0.15, 0.2) is 0 Å². The highest BCUT2D eigenvalue weighted by Crippen LogP contribution is 2.19. The minimum Gasteiger partial charge on any atom is -0.356 e. The van der Waals surface area contributed by atoms with Crippen molar-refractivity contribution < 1.29 is 4.79 Å². The van der Waals surface area contributed by atoms with Crippen molar-refractivity contribution in [1.82, 2.24) is 5.32 Å². The highest BCUT2D eigenvalue weighted by atomic mass is 16.1. The molecule has 0 saturated heterocycles. The Morgan fingerprint density at radius 2 is 1.68 bits per heavy atom. The molecule has 0 aromatic heterocycles. The van der Waals surface area contributed by atoms with Crippen LogP contribution in [0.15, 0.2) is 11.6 Å². The minimum absolute atomic E-state index is 0.249. The Morgan fingerprint density at radius 3 is 2.32 bits per heavy atom. The van der Waals surface area contributed by atoms with E-state index in [1.54, 1.807) is 5.57 Å². The molecule has 22 heavy (non-hydrogen) atoms. The van der Waals surface area contributed by atoms with Gasteiger partial charge in [0.25, 0.3) is 0 Å². The van der Waals surface area contributed by atoms with E-state index >= 15 is 0 Å². The van der Waals surface area contributed by atoms with Crippen molar-refractivity contribution in [3.05, 3.63) is 11.6 Å². The van der Waals surface area contributed by atoms with Gasteiger partial charge in [-0.25, -0.2) is 0 Å². The van der Waals surface area contributed by atoms with Crippen molar-refractivity contribution in [2.45, 2.75) is 103 Å². The molecule has 1 aliphatic carbocycles. The van der Waals surface area contributed by atoms with Crippen LogP contribution in [-0.2, 0) is 4.79 Å². The quantitative estimate of drug-likeness (QED) is 0.332. The third kappa shape index (κ3) is 10.9. The number of nitrogens with one attached hydrogen (secondary N) is 1. The molecule has 0 spiro atoms. The summed E-state index contributed by atoms with van der Waals surface area (Å²) in [6.07, 6.45) is 21.1. The van der Waals surface area contributed by atoms with E-state index in [0.717, 1.165) is 25.8 Å². The summed E-state index contributed by atoms with van der Waals surface area (Å²) in [5.74, 6) is 0.249. The molecular formula is C20H37NO. The lowest BCUT2D eigenvalue weighted by Crippen LogP contribution is -2.24. The van der Waals surface area contributed by atoms with E-state index in [1.165, 1.54) is 77.0 Å². The summed E-state index contributed by atoms with van der Waals surface area (Å²) in [7, 11) is 0. The number of unbranched alkanes of at least 4 members (excludes halogenated alkanes) is 8. The molecule has 0 saturated carbocycles. The molecule has 0 radical (unpaired) electrons. The normalized spacial score (nSPS) is 14.7. The van der Waals surface area contributed by atoms with Crippen LogP contribution in [0.25, 0.3) is 0 Å². The molecule has 0 heterocycles. The van der Waals surface area contributed by atoms with Crippen molar-refractivity contribution in [1.29, 1.82) is 0 Å². The van der Waals surface area contributed by atoms with Crippen molar-refractivity contribution in [3.63, 3.8) is 0 Å². The van der Waals surface area contributed by atoms with E-state index in [9.17, 15) is 4.79 Å². The second-order valence-corrected chi connectivity index (χ2v) is 6.79. The Labute approximate surface area is 138 Å².